The average molecular weight is 427 g/mol. The lowest BCUT2D eigenvalue weighted by atomic mass is 9.79. The highest BCUT2D eigenvalue weighted by molar-refractivity contribution is 6.52. The number of esters is 1. The minimum atomic E-state index is -0.999. The van der Waals surface area contributed by atoms with Crippen molar-refractivity contribution >= 4 is 23.3 Å². The quantitative estimate of drug-likeness (QED) is 0.264. The molecule has 0 fully saturated rings. The van der Waals surface area contributed by atoms with E-state index in [1.807, 2.05) is 0 Å². The molecule has 1 aromatic carbocycles. The summed E-state index contributed by atoms with van der Waals surface area (Å²) in [5.41, 5.74) is -0.716. The number of Topliss-reactive ketones (excluding diaryl/α,β-unsaturated/α-hetero) is 2. The van der Waals surface area contributed by atoms with E-state index in [1.165, 1.54) is 12.1 Å². The topological polar surface area (TPSA) is 101 Å². The molecular weight excluding hydrogens is 396 g/mol. The van der Waals surface area contributed by atoms with Gasteiger partial charge in [-0.05, 0) is 33.1 Å². The molecule has 6 heteroatoms. The van der Waals surface area contributed by atoms with Crippen molar-refractivity contribution in [2.75, 3.05) is 6.61 Å². The minimum absolute atomic E-state index is 0.00127. The molecule has 0 saturated heterocycles. The summed E-state index contributed by atoms with van der Waals surface area (Å²) in [6.45, 7) is 10.4. The number of carbonyl (C=O) groups is 3. The molecular formula is C25H30O6. The zero-order valence-electron chi connectivity index (χ0n) is 18.5. The predicted octanol–water partition coefficient (Wildman–Crippen LogP) is 4.34. The van der Waals surface area contributed by atoms with E-state index < -0.39 is 28.6 Å². The van der Waals surface area contributed by atoms with Gasteiger partial charge in [-0.25, -0.2) is 4.79 Å². The number of fused-ring (bicyclic) bond motifs is 1. The first-order chi connectivity index (χ1) is 14.4. The molecule has 0 heterocycles. The number of ether oxygens (including phenoxy) is 1. The zero-order valence-corrected chi connectivity index (χ0v) is 18.5. The summed E-state index contributed by atoms with van der Waals surface area (Å²) in [5.74, 6) is -2.09. The Morgan fingerprint density at radius 3 is 2.35 bits per heavy atom. The second kappa shape index (κ2) is 9.43. The Labute approximate surface area is 182 Å². The highest BCUT2D eigenvalue weighted by Gasteiger charge is 2.36. The molecule has 0 radical (unpaired) electrons. The van der Waals surface area contributed by atoms with Gasteiger partial charge in [-0.2, -0.15) is 0 Å². The number of rotatable bonds is 9. The lowest BCUT2D eigenvalue weighted by molar-refractivity contribution is -0.142. The predicted molar refractivity (Wildman–Crippen MR) is 118 cm³/mol. The van der Waals surface area contributed by atoms with Crippen molar-refractivity contribution in [2.45, 2.75) is 52.6 Å². The SMILES string of the molecule is C=C[C@@](C)(O)CC/C=C(\C)C(=O)OCC(C)(C)CC1=C(O)c2ccccc2C(=O)C1=O. The van der Waals surface area contributed by atoms with E-state index in [0.717, 1.165) is 0 Å². The van der Waals surface area contributed by atoms with Gasteiger partial charge < -0.3 is 14.9 Å². The maximum atomic E-state index is 12.5. The molecule has 2 N–H and O–H groups in total. The Morgan fingerprint density at radius 2 is 1.74 bits per heavy atom. The minimum Gasteiger partial charge on any atom is -0.507 e. The van der Waals surface area contributed by atoms with Crippen molar-refractivity contribution in [3.63, 3.8) is 0 Å². The van der Waals surface area contributed by atoms with Crippen LogP contribution in [0.5, 0.6) is 0 Å². The Hall–Kier alpha value is -2.99. The molecule has 1 atom stereocenters. The maximum Gasteiger partial charge on any atom is 0.333 e. The molecule has 0 aromatic heterocycles. The van der Waals surface area contributed by atoms with E-state index >= 15 is 0 Å². The number of aliphatic hydroxyl groups is 2. The van der Waals surface area contributed by atoms with E-state index in [4.69, 9.17) is 4.74 Å². The molecule has 0 spiro atoms. The van der Waals surface area contributed by atoms with Gasteiger partial charge in [-0.15, -0.1) is 6.58 Å². The van der Waals surface area contributed by atoms with Crippen LogP contribution >= 0.6 is 0 Å². The van der Waals surface area contributed by atoms with Crippen molar-refractivity contribution in [1.29, 1.82) is 0 Å². The number of carbonyl (C=O) groups excluding carboxylic acids is 3. The third-order valence-electron chi connectivity index (χ3n) is 5.31. The highest BCUT2D eigenvalue weighted by Crippen LogP contribution is 2.35. The third kappa shape index (κ3) is 6.01. The number of ketones is 2. The van der Waals surface area contributed by atoms with Gasteiger partial charge in [-0.1, -0.05) is 50.3 Å². The lowest BCUT2D eigenvalue weighted by Gasteiger charge is -2.27. The fraction of sp³-hybridized carbons (Fsp3) is 0.400. The van der Waals surface area contributed by atoms with Gasteiger partial charge in [0.05, 0.1) is 12.2 Å². The fourth-order valence-electron chi connectivity index (χ4n) is 3.25. The van der Waals surface area contributed by atoms with Gasteiger partial charge >= 0.3 is 5.97 Å². The van der Waals surface area contributed by atoms with E-state index in [9.17, 15) is 24.6 Å². The summed E-state index contributed by atoms with van der Waals surface area (Å²) in [7, 11) is 0. The lowest BCUT2D eigenvalue weighted by Crippen LogP contribution is -2.30. The number of allylic oxidation sites excluding steroid dienone is 2. The normalized spacial score (nSPS) is 16.6. The largest absolute Gasteiger partial charge is 0.507 e. The smallest absolute Gasteiger partial charge is 0.333 e. The molecule has 6 nitrogen and oxygen atoms in total. The molecule has 0 amide bonds. The highest BCUT2D eigenvalue weighted by atomic mass is 16.5. The van der Waals surface area contributed by atoms with Gasteiger partial charge in [0.1, 0.15) is 5.76 Å². The molecule has 2 rings (SSSR count). The second-order valence-electron chi connectivity index (χ2n) is 8.94. The summed E-state index contributed by atoms with van der Waals surface area (Å²) in [4.78, 5) is 37.2. The van der Waals surface area contributed by atoms with Crippen LogP contribution in [0.1, 0.15) is 62.9 Å². The summed E-state index contributed by atoms with van der Waals surface area (Å²) in [6.07, 6.45) is 4.15. The number of hydrogen-bond donors (Lipinski definition) is 2. The molecule has 1 aliphatic rings. The summed E-state index contributed by atoms with van der Waals surface area (Å²) in [5, 5.41) is 20.5. The molecule has 1 aliphatic carbocycles. The van der Waals surface area contributed by atoms with Crippen molar-refractivity contribution in [3.05, 3.63) is 65.3 Å². The summed E-state index contributed by atoms with van der Waals surface area (Å²) in [6, 6.07) is 6.44. The van der Waals surface area contributed by atoms with Gasteiger partial charge in [0, 0.05) is 27.7 Å². The first kappa shape index (κ1) is 24.3. The monoisotopic (exact) mass is 426 g/mol. The second-order valence-corrected chi connectivity index (χ2v) is 8.94. The average Bonchev–Trinajstić information content (AvgIpc) is 2.73. The van der Waals surface area contributed by atoms with Crippen LogP contribution in [0.2, 0.25) is 0 Å². The van der Waals surface area contributed by atoms with Gasteiger partial charge in [0.2, 0.25) is 11.6 Å². The number of hydrogen-bond acceptors (Lipinski definition) is 6. The van der Waals surface area contributed by atoms with Gasteiger partial charge in [0.15, 0.2) is 0 Å². The number of aliphatic hydroxyl groups excluding tert-OH is 1. The van der Waals surface area contributed by atoms with E-state index in [0.29, 0.717) is 24.0 Å². The Morgan fingerprint density at radius 1 is 1.13 bits per heavy atom. The van der Waals surface area contributed by atoms with Crippen LogP contribution in [-0.2, 0) is 14.3 Å². The molecule has 166 valence electrons. The van der Waals surface area contributed by atoms with Crippen LogP contribution in [0.3, 0.4) is 0 Å². The van der Waals surface area contributed by atoms with Crippen molar-refractivity contribution in [3.8, 4) is 0 Å². The molecule has 1 aromatic rings. The van der Waals surface area contributed by atoms with E-state index in [-0.39, 0.29) is 29.9 Å². The van der Waals surface area contributed by atoms with Crippen LogP contribution in [0.4, 0.5) is 0 Å². The maximum absolute atomic E-state index is 12.5. The van der Waals surface area contributed by atoms with Crippen molar-refractivity contribution in [2.24, 2.45) is 5.41 Å². The van der Waals surface area contributed by atoms with Gasteiger partial charge in [0.25, 0.3) is 0 Å². The molecule has 31 heavy (non-hydrogen) atoms. The van der Waals surface area contributed by atoms with Crippen molar-refractivity contribution in [1.82, 2.24) is 0 Å². The first-order valence-electron chi connectivity index (χ1n) is 10.2. The van der Waals surface area contributed by atoms with Crippen LogP contribution in [0.25, 0.3) is 5.76 Å². The number of benzene rings is 1. The zero-order chi connectivity index (χ0) is 23.4. The molecule has 0 bridgehead atoms. The summed E-state index contributed by atoms with van der Waals surface area (Å²) < 4.78 is 5.40. The van der Waals surface area contributed by atoms with E-state index in [1.54, 1.807) is 52.0 Å². The molecule has 0 saturated carbocycles. The Kier molecular flexibility index (Phi) is 7.39. The van der Waals surface area contributed by atoms with Crippen LogP contribution < -0.4 is 0 Å². The van der Waals surface area contributed by atoms with Crippen molar-refractivity contribution < 1.29 is 29.3 Å². The molecule has 0 aliphatic heterocycles. The molecule has 0 unspecified atom stereocenters. The van der Waals surface area contributed by atoms with Crippen LogP contribution in [-0.4, -0.2) is 40.0 Å². The third-order valence-corrected chi connectivity index (χ3v) is 5.31. The summed E-state index contributed by atoms with van der Waals surface area (Å²) >= 11 is 0. The fourth-order valence-corrected chi connectivity index (χ4v) is 3.25. The van der Waals surface area contributed by atoms with Gasteiger partial charge in [-0.3, -0.25) is 9.59 Å². The van der Waals surface area contributed by atoms with E-state index in [2.05, 4.69) is 6.58 Å². The Bertz CT molecular complexity index is 962. The van der Waals surface area contributed by atoms with Crippen LogP contribution in [0.15, 0.2) is 54.1 Å². The first-order valence-corrected chi connectivity index (χ1v) is 10.2. The van der Waals surface area contributed by atoms with Crippen LogP contribution in [0, 0.1) is 5.41 Å². The Balaban J connectivity index is 2.05. The standard InChI is InChI=1S/C25H30O6/c1-6-25(5,30)13-9-10-16(2)23(29)31-15-24(3,4)14-19-20(26)17-11-7-8-12-18(17)21(27)22(19)28/h6-8,10-12,26,30H,1,9,13-15H2,2-5H3/b16-10+/t25-/m1/s1.